The maximum atomic E-state index is 12.0. The molecule has 0 aliphatic rings. The summed E-state index contributed by atoms with van der Waals surface area (Å²) >= 11 is 11.8. The van der Waals surface area contributed by atoms with Gasteiger partial charge in [0.15, 0.2) is 0 Å². The van der Waals surface area contributed by atoms with Crippen LogP contribution in [0.3, 0.4) is 0 Å². The van der Waals surface area contributed by atoms with E-state index in [1.807, 2.05) is 24.3 Å². The Labute approximate surface area is 160 Å². The number of hydrogen-bond donors (Lipinski definition) is 2. The second kappa shape index (κ2) is 8.56. The van der Waals surface area contributed by atoms with Crippen LogP contribution in [-0.4, -0.2) is 17.4 Å². The highest BCUT2D eigenvalue weighted by atomic mass is 35.5. The number of rotatable bonds is 6. The number of amides is 1. The molecule has 1 aromatic heterocycles. The number of anilines is 2. The van der Waals surface area contributed by atoms with E-state index in [1.165, 1.54) is 0 Å². The van der Waals surface area contributed by atoms with Crippen molar-refractivity contribution in [1.82, 2.24) is 4.98 Å². The lowest BCUT2D eigenvalue weighted by atomic mass is 10.3. The lowest BCUT2D eigenvalue weighted by Crippen LogP contribution is -2.21. The molecule has 0 bridgehead atoms. The molecular weight excluding hydrogens is 373 g/mol. The number of carbonyl (C=O) groups excluding carboxylic acids is 1. The number of nitrogens with one attached hydrogen (secondary N) is 2. The molecule has 3 rings (SSSR count). The smallest absolute Gasteiger partial charge is 0.243 e. The molecule has 0 fully saturated rings. The van der Waals surface area contributed by atoms with Crippen LogP contribution in [0.2, 0.25) is 10.0 Å². The Morgan fingerprint density at radius 3 is 2.23 bits per heavy atom. The topological polar surface area (TPSA) is 63.2 Å². The van der Waals surface area contributed by atoms with Gasteiger partial charge in [0, 0.05) is 23.8 Å². The third kappa shape index (κ3) is 5.12. The molecule has 0 aliphatic carbocycles. The zero-order chi connectivity index (χ0) is 18.4. The van der Waals surface area contributed by atoms with Gasteiger partial charge < -0.3 is 15.4 Å². The van der Waals surface area contributed by atoms with Crippen LogP contribution in [0.1, 0.15) is 0 Å². The van der Waals surface area contributed by atoms with Gasteiger partial charge in [0.05, 0.1) is 16.6 Å². The highest BCUT2D eigenvalue weighted by Crippen LogP contribution is 2.25. The van der Waals surface area contributed by atoms with E-state index in [0.717, 1.165) is 5.69 Å². The summed E-state index contributed by atoms with van der Waals surface area (Å²) in [4.78, 5) is 15.9. The van der Waals surface area contributed by atoms with Crippen LogP contribution in [-0.2, 0) is 4.79 Å². The summed E-state index contributed by atoms with van der Waals surface area (Å²) in [7, 11) is 0. The summed E-state index contributed by atoms with van der Waals surface area (Å²) in [5.74, 6) is 1.21. The van der Waals surface area contributed by atoms with Crippen LogP contribution in [0, 0.1) is 0 Å². The summed E-state index contributed by atoms with van der Waals surface area (Å²) in [6.07, 6.45) is 3.33. The van der Waals surface area contributed by atoms with Crippen LogP contribution < -0.4 is 15.4 Å². The molecule has 0 spiro atoms. The van der Waals surface area contributed by atoms with Crippen molar-refractivity contribution in [3.63, 3.8) is 0 Å². The minimum atomic E-state index is -0.194. The lowest BCUT2D eigenvalue weighted by molar-refractivity contribution is -0.114. The molecule has 5 nitrogen and oxygen atoms in total. The van der Waals surface area contributed by atoms with E-state index in [-0.39, 0.29) is 12.5 Å². The van der Waals surface area contributed by atoms with Gasteiger partial charge in [-0.3, -0.25) is 9.78 Å². The molecule has 132 valence electrons. The SMILES string of the molecule is O=C(CNc1ccc(Oc2ccncc2)cc1)Nc1ccc(Cl)c(Cl)c1. The normalized spacial score (nSPS) is 10.2. The minimum Gasteiger partial charge on any atom is -0.457 e. The van der Waals surface area contributed by atoms with Crippen LogP contribution in [0.5, 0.6) is 11.5 Å². The van der Waals surface area contributed by atoms with Crippen molar-refractivity contribution in [2.24, 2.45) is 0 Å². The first kappa shape index (κ1) is 18.0. The molecular formula is C19H15Cl2N3O2. The third-order valence-electron chi connectivity index (χ3n) is 3.40. The largest absolute Gasteiger partial charge is 0.457 e. The van der Waals surface area contributed by atoms with Gasteiger partial charge >= 0.3 is 0 Å². The Bertz CT molecular complexity index is 887. The summed E-state index contributed by atoms with van der Waals surface area (Å²) in [6, 6.07) is 15.8. The zero-order valence-electron chi connectivity index (χ0n) is 13.6. The standard InChI is InChI=1S/C19H15Cl2N3O2/c20-17-6-3-14(11-18(17)21)24-19(25)12-23-13-1-4-15(5-2-13)26-16-7-9-22-10-8-16/h1-11,23H,12H2,(H,24,25). The van der Waals surface area contributed by atoms with Crippen LogP contribution >= 0.6 is 23.2 Å². The Morgan fingerprint density at radius 2 is 1.54 bits per heavy atom. The zero-order valence-corrected chi connectivity index (χ0v) is 15.1. The van der Waals surface area contributed by atoms with Crippen LogP contribution in [0.15, 0.2) is 67.0 Å². The van der Waals surface area contributed by atoms with Gasteiger partial charge in [0.2, 0.25) is 5.91 Å². The lowest BCUT2D eigenvalue weighted by Gasteiger charge is -2.10. The Morgan fingerprint density at radius 1 is 0.885 bits per heavy atom. The van der Waals surface area contributed by atoms with Gasteiger partial charge in [-0.15, -0.1) is 0 Å². The molecule has 0 unspecified atom stereocenters. The van der Waals surface area contributed by atoms with Crippen LogP contribution in [0.4, 0.5) is 11.4 Å². The first-order chi connectivity index (χ1) is 12.6. The van der Waals surface area contributed by atoms with E-state index in [9.17, 15) is 4.79 Å². The monoisotopic (exact) mass is 387 g/mol. The highest BCUT2D eigenvalue weighted by Gasteiger charge is 2.05. The molecule has 1 heterocycles. The molecule has 0 saturated heterocycles. The number of benzene rings is 2. The average molecular weight is 388 g/mol. The molecule has 0 radical (unpaired) electrons. The first-order valence-electron chi connectivity index (χ1n) is 7.77. The van der Waals surface area contributed by atoms with E-state index >= 15 is 0 Å². The van der Waals surface area contributed by atoms with Crippen molar-refractivity contribution in [3.05, 3.63) is 77.0 Å². The molecule has 3 aromatic rings. The fourth-order valence-electron chi connectivity index (χ4n) is 2.14. The highest BCUT2D eigenvalue weighted by molar-refractivity contribution is 6.42. The third-order valence-corrected chi connectivity index (χ3v) is 4.14. The average Bonchev–Trinajstić information content (AvgIpc) is 2.65. The number of hydrogen-bond acceptors (Lipinski definition) is 4. The maximum Gasteiger partial charge on any atom is 0.243 e. The number of aromatic nitrogens is 1. The molecule has 26 heavy (non-hydrogen) atoms. The number of nitrogens with zero attached hydrogens (tertiary/aromatic N) is 1. The molecule has 2 aromatic carbocycles. The number of carbonyl (C=O) groups is 1. The quantitative estimate of drug-likeness (QED) is 0.607. The van der Waals surface area contributed by atoms with E-state index in [2.05, 4.69) is 15.6 Å². The van der Waals surface area contributed by atoms with Gasteiger partial charge in [-0.05, 0) is 54.6 Å². The molecule has 2 N–H and O–H groups in total. The van der Waals surface area contributed by atoms with Crippen LogP contribution in [0.25, 0.3) is 0 Å². The van der Waals surface area contributed by atoms with Crippen molar-refractivity contribution < 1.29 is 9.53 Å². The molecule has 0 aliphatic heterocycles. The predicted molar refractivity (Wildman–Crippen MR) is 104 cm³/mol. The maximum absolute atomic E-state index is 12.0. The second-order valence-corrected chi connectivity index (χ2v) is 6.15. The minimum absolute atomic E-state index is 0.116. The molecule has 0 saturated carbocycles. The summed E-state index contributed by atoms with van der Waals surface area (Å²) in [6.45, 7) is 0.116. The number of halogens is 2. The van der Waals surface area contributed by atoms with Crippen molar-refractivity contribution in [2.45, 2.75) is 0 Å². The molecule has 1 amide bonds. The van der Waals surface area contributed by atoms with E-state index in [1.54, 1.807) is 42.7 Å². The first-order valence-corrected chi connectivity index (χ1v) is 8.52. The Kier molecular flexibility index (Phi) is 5.94. The summed E-state index contributed by atoms with van der Waals surface area (Å²) in [5, 5.41) is 6.63. The van der Waals surface area contributed by atoms with Crippen molar-refractivity contribution in [1.29, 1.82) is 0 Å². The second-order valence-electron chi connectivity index (χ2n) is 5.34. The van der Waals surface area contributed by atoms with Crippen molar-refractivity contribution >= 4 is 40.5 Å². The fraction of sp³-hybridized carbons (Fsp3) is 0.0526. The molecule has 0 atom stereocenters. The summed E-state index contributed by atoms with van der Waals surface area (Å²) < 4.78 is 5.69. The van der Waals surface area contributed by atoms with Crippen molar-refractivity contribution in [3.8, 4) is 11.5 Å². The fourth-order valence-corrected chi connectivity index (χ4v) is 2.44. The summed E-state index contributed by atoms with van der Waals surface area (Å²) in [5.41, 5.74) is 1.39. The van der Waals surface area contributed by atoms with Gasteiger partial charge in [0.1, 0.15) is 11.5 Å². The predicted octanol–water partition coefficient (Wildman–Crippen LogP) is 5.23. The van der Waals surface area contributed by atoms with Gasteiger partial charge in [0.25, 0.3) is 0 Å². The van der Waals surface area contributed by atoms with E-state index < -0.39 is 0 Å². The Balaban J connectivity index is 1.51. The Hall–Kier alpha value is -2.76. The van der Waals surface area contributed by atoms with Crippen molar-refractivity contribution in [2.75, 3.05) is 17.2 Å². The van der Waals surface area contributed by atoms with E-state index in [4.69, 9.17) is 27.9 Å². The number of ether oxygens (including phenoxy) is 1. The number of pyridine rings is 1. The van der Waals surface area contributed by atoms with Gasteiger partial charge in [-0.25, -0.2) is 0 Å². The van der Waals surface area contributed by atoms with E-state index in [0.29, 0.717) is 27.2 Å². The van der Waals surface area contributed by atoms with Gasteiger partial charge in [-0.2, -0.15) is 0 Å². The van der Waals surface area contributed by atoms with Gasteiger partial charge in [-0.1, -0.05) is 23.2 Å². The molecule has 7 heteroatoms.